The Morgan fingerprint density at radius 2 is 1.88 bits per heavy atom. The molecule has 0 radical (unpaired) electrons. The van der Waals surface area contributed by atoms with Crippen LogP contribution in [-0.2, 0) is 4.79 Å². The Labute approximate surface area is 144 Å². The second-order valence-electron chi connectivity index (χ2n) is 9.23. The number of aliphatic hydroxyl groups is 2. The van der Waals surface area contributed by atoms with Gasteiger partial charge in [0.25, 0.3) is 0 Å². The van der Waals surface area contributed by atoms with Gasteiger partial charge in [-0.3, -0.25) is 4.79 Å². The molecule has 3 saturated carbocycles. The number of aliphatic hydroxyl groups excluding tert-OH is 2. The highest BCUT2D eigenvalue weighted by Crippen LogP contribution is 2.66. The van der Waals surface area contributed by atoms with Crippen molar-refractivity contribution < 1.29 is 15.0 Å². The van der Waals surface area contributed by atoms with Crippen LogP contribution in [-0.4, -0.2) is 22.1 Å². The molecule has 2 N–H and O–H groups in total. The van der Waals surface area contributed by atoms with Crippen molar-refractivity contribution in [2.75, 3.05) is 0 Å². The van der Waals surface area contributed by atoms with Crippen molar-refractivity contribution in [2.45, 2.75) is 71.8 Å². The average Bonchev–Trinajstić information content (AvgIpc) is 2.86. The lowest BCUT2D eigenvalue weighted by atomic mass is 9.46. The summed E-state index contributed by atoms with van der Waals surface area (Å²) in [5.74, 6) is 1.88. The first-order valence-electron chi connectivity index (χ1n) is 9.59. The van der Waals surface area contributed by atoms with E-state index in [1.165, 1.54) is 5.57 Å². The summed E-state index contributed by atoms with van der Waals surface area (Å²) in [7, 11) is 0. The average molecular weight is 330 g/mol. The van der Waals surface area contributed by atoms with Gasteiger partial charge in [0.1, 0.15) is 0 Å². The van der Waals surface area contributed by atoms with E-state index in [1.54, 1.807) is 0 Å². The molecule has 0 aromatic carbocycles. The van der Waals surface area contributed by atoms with E-state index in [2.05, 4.69) is 13.8 Å². The third-order valence-corrected chi connectivity index (χ3v) is 8.42. The van der Waals surface area contributed by atoms with Gasteiger partial charge in [-0.25, -0.2) is 0 Å². The Morgan fingerprint density at radius 3 is 2.58 bits per heavy atom. The number of rotatable bonds is 0. The number of allylic oxidation sites excluding steroid dienone is 2. The predicted octanol–water partition coefficient (Wildman–Crippen LogP) is 4.32. The first-order chi connectivity index (χ1) is 11.3. The molecule has 0 spiro atoms. The van der Waals surface area contributed by atoms with Crippen molar-refractivity contribution in [3.8, 4) is 0 Å². The smallest absolute Gasteiger partial charge is 0.187 e. The number of hydrogen-bond acceptors (Lipinski definition) is 3. The summed E-state index contributed by atoms with van der Waals surface area (Å²) in [5.41, 5.74) is 2.90. The van der Waals surface area contributed by atoms with Crippen molar-refractivity contribution in [2.24, 2.45) is 28.6 Å². The monoisotopic (exact) mass is 330 g/mol. The first kappa shape index (κ1) is 16.4. The van der Waals surface area contributed by atoms with Crippen molar-refractivity contribution in [1.82, 2.24) is 0 Å². The number of carbonyl (C=O) groups excluding carboxylic acids is 1. The third kappa shape index (κ3) is 1.91. The van der Waals surface area contributed by atoms with Gasteiger partial charge in [0.2, 0.25) is 0 Å². The van der Waals surface area contributed by atoms with Crippen molar-refractivity contribution in [1.29, 1.82) is 0 Å². The van der Waals surface area contributed by atoms with Gasteiger partial charge in [-0.05, 0) is 86.0 Å². The lowest BCUT2D eigenvalue weighted by Gasteiger charge is -2.58. The number of ketones is 1. The summed E-state index contributed by atoms with van der Waals surface area (Å²) in [6.07, 6.45) is 8.07. The largest absolute Gasteiger partial charge is 0.515 e. The number of fused-ring (bicyclic) bond motifs is 5. The van der Waals surface area contributed by atoms with E-state index in [9.17, 15) is 15.0 Å². The van der Waals surface area contributed by atoms with Gasteiger partial charge in [0, 0.05) is 5.57 Å². The third-order valence-electron chi connectivity index (χ3n) is 8.42. The van der Waals surface area contributed by atoms with Gasteiger partial charge >= 0.3 is 0 Å². The Balaban J connectivity index is 1.75. The summed E-state index contributed by atoms with van der Waals surface area (Å²) in [6, 6.07) is 0. The van der Waals surface area contributed by atoms with Crippen molar-refractivity contribution in [3.05, 3.63) is 23.0 Å². The quantitative estimate of drug-likeness (QED) is 0.514. The number of Topliss-reactive ketones (excluding diaryl/α,β-unsaturated/α-hetero) is 1. The van der Waals surface area contributed by atoms with Crippen LogP contribution in [0.15, 0.2) is 23.0 Å². The minimum absolute atomic E-state index is 0.00431. The molecular formula is C21H30O3. The summed E-state index contributed by atoms with van der Waals surface area (Å²) in [6.45, 7) is 6.58. The van der Waals surface area contributed by atoms with Gasteiger partial charge in [-0.15, -0.1) is 0 Å². The zero-order chi connectivity index (χ0) is 17.3. The molecule has 0 bridgehead atoms. The standard InChI is InChI=1S/C21H30O3/c1-12-15-5-4-14-16-6-7-18(23)20(16,2)9-8-17(14)21(15,3)10-13(11-22)19(12)24/h11,14,16-18,22-23H,4-10H2,1-3H3/t14-,16-,17+,18?,20-,21-/m0/s1. The van der Waals surface area contributed by atoms with Crippen LogP contribution in [0.5, 0.6) is 0 Å². The van der Waals surface area contributed by atoms with E-state index in [4.69, 9.17) is 0 Å². The SMILES string of the molecule is CC1=C2CC[C@@H]3[C@@H](CC[C@]4(C)C(O)CC[C@@H]34)[C@@]2(C)CC(=CO)C1=O. The summed E-state index contributed by atoms with van der Waals surface area (Å²) in [5, 5.41) is 20.1. The number of carbonyl (C=O) groups is 1. The van der Waals surface area contributed by atoms with Gasteiger partial charge in [0.05, 0.1) is 12.4 Å². The van der Waals surface area contributed by atoms with E-state index < -0.39 is 0 Å². The highest BCUT2D eigenvalue weighted by Gasteiger charge is 2.59. The second-order valence-corrected chi connectivity index (χ2v) is 9.23. The molecule has 1 unspecified atom stereocenters. The molecule has 0 aliphatic heterocycles. The van der Waals surface area contributed by atoms with E-state index >= 15 is 0 Å². The fraction of sp³-hybridized carbons (Fsp3) is 0.762. The topological polar surface area (TPSA) is 57.5 Å². The normalized spacial score (nSPS) is 49.8. The molecule has 0 aromatic rings. The molecule has 3 fully saturated rings. The van der Waals surface area contributed by atoms with Crippen molar-refractivity contribution in [3.63, 3.8) is 0 Å². The Morgan fingerprint density at radius 1 is 1.12 bits per heavy atom. The molecule has 0 heterocycles. The van der Waals surface area contributed by atoms with Gasteiger partial charge in [-0.1, -0.05) is 19.4 Å². The second kappa shape index (κ2) is 5.20. The lowest BCUT2D eigenvalue weighted by Crippen LogP contribution is -2.51. The van der Waals surface area contributed by atoms with Gasteiger partial charge < -0.3 is 10.2 Å². The molecule has 6 atom stereocenters. The fourth-order valence-corrected chi connectivity index (χ4v) is 7.09. The molecule has 3 nitrogen and oxygen atoms in total. The Hall–Kier alpha value is -1.09. The van der Waals surface area contributed by atoms with Crippen molar-refractivity contribution >= 4 is 5.78 Å². The lowest BCUT2D eigenvalue weighted by molar-refractivity contribution is -0.114. The molecule has 0 aromatic heterocycles. The van der Waals surface area contributed by atoms with Crippen LogP contribution in [0, 0.1) is 28.6 Å². The minimum Gasteiger partial charge on any atom is -0.515 e. The predicted molar refractivity (Wildman–Crippen MR) is 93.4 cm³/mol. The van der Waals surface area contributed by atoms with Crippen LogP contribution < -0.4 is 0 Å². The summed E-state index contributed by atoms with van der Waals surface area (Å²) in [4.78, 5) is 12.5. The van der Waals surface area contributed by atoms with Crippen LogP contribution in [0.25, 0.3) is 0 Å². The maximum atomic E-state index is 12.5. The fourth-order valence-electron chi connectivity index (χ4n) is 7.09. The number of hydrogen-bond donors (Lipinski definition) is 2. The van der Waals surface area contributed by atoms with Crippen LogP contribution in [0.1, 0.15) is 65.7 Å². The molecule has 4 aliphatic carbocycles. The summed E-state index contributed by atoms with van der Waals surface area (Å²) >= 11 is 0. The Bertz CT molecular complexity index is 645. The van der Waals surface area contributed by atoms with Crippen LogP contribution >= 0.6 is 0 Å². The molecule has 132 valence electrons. The molecule has 4 aliphatic rings. The van der Waals surface area contributed by atoms with E-state index in [1.807, 2.05) is 6.92 Å². The van der Waals surface area contributed by atoms with E-state index in [-0.39, 0.29) is 22.7 Å². The molecule has 0 saturated heterocycles. The molecule has 0 amide bonds. The zero-order valence-corrected chi connectivity index (χ0v) is 15.1. The van der Waals surface area contributed by atoms with E-state index in [0.29, 0.717) is 29.7 Å². The Kier molecular flexibility index (Phi) is 3.55. The summed E-state index contributed by atoms with van der Waals surface area (Å²) < 4.78 is 0. The molecular weight excluding hydrogens is 300 g/mol. The van der Waals surface area contributed by atoms with Gasteiger partial charge in [-0.2, -0.15) is 0 Å². The maximum Gasteiger partial charge on any atom is 0.187 e. The molecule has 24 heavy (non-hydrogen) atoms. The first-order valence-corrected chi connectivity index (χ1v) is 9.59. The van der Waals surface area contributed by atoms with Crippen LogP contribution in [0.4, 0.5) is 0 Å². The molecule has 3 heteroatoms. The molecule has 4 rings (SSSR count). The maximum absolute atomic E-state index is 12.5. The van der Waals surface area contributed by atoms with E-state index in [0.717, 1.165) is 50.4 Å². The highest BCUT2D eigenvalue weighted by atomic mass is 16.3. The van der Waals surface area contributed by atoms with Crippen LogP contribution in [0.2, 0.25) is 0 Å². The van der Waals surface area contributed by atoms with Gasteiger partial charge in [0.15, 0.2) is 5.78 Å². The highest BCUT2D eigenvalue weighted by molar-refractivity contribution is 6.09. The van der Waals surface area contributed by atoms with Crippen LogP contribution in [0.3, 0.4) is 0 Å². The minimum atomic E-state index is -0.143. The zero-order valence-electron chi connectivity index (χ0n) is 15.1.